The highest BCUT2D eigenvalue weighted by Crippen LogP contribution is 2.28. The van der Waals surface area contributed by atoms with Gasteiger partial charge in [-0.25, -0.2) is 0 Å². The maximum Gasteiger partial charge on any atom is 0.251 e. The molecule has 0 radical (unpaired) electrons. The van der Waals surface area contributed by atoms with Gasteiger partial charge in [0.25, 0.3) is 5.91 Å². The highest BCUT2D eigenvalue weighted by atomic mass is 32.2. The molecular weight excluding hydrogens is 396 g/mol. The van der Waals surface area contributed by atoms with Crippen LogP contribution in [0.5, 0.6) is 0 Å². The summed E-state index contributed by atoms with van der Waals surface area (Å²) in [5.41, 5.74) is 3.32. The molecule has 0 saturated carbocycles. The molecule has 3 nitrogen and oxygen atoms in total. The van der Waals surface area contributed by atoms with E-state index in [1.54, 1.807) is 11.8 Å². The van der Waals surface area contributed by atoms with Crippen molar-refractivity contribution in [3.63, 3.8) is 0 Å². The Morgan fingerprint density at radius 2 is 1.86 bits per heavy atom. The first-order valence-corrected chi connectivity index (χ1v) is 13.0. The average molecular weight is 429 g/mol. The highest BCUT2D eigenvalue weighted by molar-refractivity contribution is 7.98. The van der Waals surface area contributed by atoms with Gasteiger partial charge >= 0.3 is 0 Å². The predicted octanol–water partition coefficient (Wildman–Crippen LogP) is 5.27. The molecular formula is C24H32N2OS2. The number of piperidine rings is 1. The Morgan fingerprint density at radius 3 is 2.55 bits per heavy atom. The van der Waals surface area contributed by atoms with Crippen LogP contribution in [-0.2, 0) is 6.54 Å². The summed E-state index contributed by atoms with van der Waals surface area (Å²) in [5.74, 6) is 1.89. The van der Waals surface area contributed by atoms with E-state index in [1.807, 2.05) is 42.3 Å². The molecule has 156 valence electrons. The maximum absolute atomic E-state index is 12.4. The van der Waals surface area contributed by atoms with E-state index in [0.29, 0.717) is 18.0 Å². The lowest BCUT2D eigenvalue weighted by molar-refractivity contribution is 0.0951. The van der Waals surface area contributed by atoms with Gasteiger partial charge < -0.3 is 10.2 Å². The number of carbonyl (C=O) groups is 1. The Balaban J connectivity index is 1.50. The van der Waals surface area contributed by atoms with E-state index in [9.17, 15) is 4.79 Å². The van der Waals surface area contributed by atoms with Gasteiger partial charge in [-0.05, 0) is 98.5 Å². The summed E-state index contributed by atoms with van der Waals surface area (Å²) in [4.78, 5) is 16.2. The number of carbonyl (C=O) groups excluding carboxylic acids is 1. The minimum absolute atomic E-state index is 0.0124. The number of likely N-dealkylation sites (tertiary alicyclic amines) is 1. The van der Waals surface area contributed by atoms with Crippen LogP contribution in [0.25, 0.3) is 0 Å². The Labute approximate surface area is 184 Å². The quantitative estimate of drug-likeness (QED) is 0.435. The second-order valence-electron chi connectivity index (χ2n) is 7.62. The molecule has 0 atom stereocenters. The normalized spacial score (nSPS) is 15.4. The Kier molecular flexibility index (Phi) is 8.96. The molecule has 2 aromatic carbocycles. The van der Waals surface area contributed by atoms with Gasteiger partial charge in [0.05, 0.1) is 0 Å². The van der Waals surface area contributed by atoms with Crippen molar-refractivity contribution in [1.29, 1.82) is 0 Å². The van der Waals surface area contributed by atoms with Gasteiger partial charge in [0, 0.05) is 17.0 Å². The molecule has 0 aromatic heterocycles. The van der Waals surface area contributed by atoms with Crippen LogP contribution in [0.4, 0.5) is 0 Å². The second-order valence-corrected chi connectivity index (χ2v) is 9.48. The number of hydrogen-bond acceptors (Lipinski definition) is 4. The number of benzene rings is 2. The third-order valence-electron chi connectivity index (χ3n) is 5.64. The van der Waals surface area contributed by atoms with Gasteiger partial charge in [0.2, 0.25) is 0 Å². The number of nitrogens with zero attached hydrogens (tertiary/aromatic N) is 1. The molecule has 29 heavy (non-hydrogen) atoms. The minimum Gasteiger partial charge on any atom is -0.348 e. The van der Waals surface area contributed by atoms with Crippen molar-refractivity contribution in [1.82, 2.24) is 10.2 Å². The Bertz CT molecular complexity index is 771. The molecule has 2 aromatic rings. The maximum atomic E-state index is 12.4. The van der Waals surface area contributed by atoms with Crippen molar-refractivity contribution in [2.75, 3.05) is 37.9 Å². The summed E-state index contributed by atoms with van der Waals surface area (Å²) in [6.45, 7) is 4.21. The Hall–Kier alpha value is -1.43. The van der Waals surface area contributed by atoms with E-state index < -0.39 is 0 Å². The van der Waals surface area contributed by atoms with Crippen LogP contribution in [0.3, 0.4) is 0 Å². The van der Waals surface area contributed by atoms with Crippen LogP contribution >= 0.6 is 23.5 Å². The summed E-state index contributed by atoms with van der Waals surface area (Å²) in [5, 5.41) is 3.06. The monoisotopic (exact) mass is 428 g/mol. The first kappa shape index (κ1) is 22.3. The third kappa shape index (κ3) is 6.80. The van der Waals surface area contributed by atoms with Crippen LogP contribution in [0.1, 0.15) is 46.7 Å². The molecule has 0 bridgehead atoms. The van der Waals surface area contributed by atoms with Crippen molar-refractivity contribution < 1.29 is 4.79 Å². The number of hydrogen-bond donors (Lipinski definition) is 1. The molecule has 0 unspecified atom stereocenters. The van der Waals surface area contributed by atoms with Crippen LogP contribution < -0.4 is 5.32 Å². The standard InChI is InChI=1S/C24H32N2OS2/c1-28-16-4-13-26-14-11-20(12-15-26)22-6-3-5-19(17-22)18-25-24(27)21-7-9-23(29-2)10-8-21/h3,5-10,17,20H,4,11-16,18H2,1-2H3,(H,25,27). The van der Waals surface area contributed by atoms with E-state index in [0.717, 1.165) is 0 Å². The van der Waals surface area contributed by atoms with E-state index in [-0.39, 0.29) is 5.91 Å². The predicted molar refractivity (Wildman–Crippen MR) is 127 cm³/mol. The van der Waals surface area contributed by atoms with Crippen LogP contribution in [0.2, 0.25) is 0 Å². The lowest BCUT2D eigenvalue weighted by atomic mass is 9.88. The fraction of sp³-hybridized carbons (Fsp3) is 0.458. The van der Waals surface area contributed by atoms with Gasteiger partial charge in [-0.2, -0.15) is 11.8 Å². The van der Waals surface area contributed by atoms with Crippen LogP contribution in [0.15, 0.2) is 53.4 Å². The molecule has 1 aliphatic heterocycles. The molecule has 0 aliphatic carbocycles. The van der Waals surface area contributed by atoms with Gasteiger partial charge in [-0.1, -0.05) is 24.3 Å². The Morgan fingerprint density at radius 1 is 1.10 bits per heavy atom. The molecule has 3 rings (SSSR count). The summed E-state index contributed by atoms with van der Waals surface area (Å²) < 4.78 is 0. The van der Waals surface area contributed by atoms with Crippen molar-refractivity contribution in [2.45, 2.75) is 36.6 Å². The summed E-state index contributed by atoms with van der Waals surface area (Å²) >= 11 is 3.62. The molecule has 0 spiro atoms. The molecule has 1 amide bonds. The molecule has 5 heteroatoms. The lowest BCUT2D eigenvalue weighted by Gasteiger charge is -2.32. The van der Waals surface area contributed by atoms with Gasteiger partial charge in [0.15, 0.2) is 0 Å². The molecule has 1 saturated heterocycles. The van der Waals surface area contributed by atoms with Crippen molar-refractivity contribution in [2.24, 2.45) is 0 Å². The van der Waals surface area contributed by atoms with Gasteiger partial charge in [0.1, 0.15) is 0 Å². The molecule has 1 aliphatic rings. The zero-order chi connectivity index (χ0) is 20.5. The summed E-state index contributed by atoms with van der Waals surface area (Å²) in [6.07, 6.45) is 7.98. The number of rotatable bonds is 9. The smallest absolute Gasteiger partial charge is 0.251 e. The largest absolute Gasteiger partial charge is 0.348 e. The fourth-order valence-electron chi connectivity index (χ4n) is 3.91. The van der Waals surface area contributed by atoms with Gasteiger partial charge in [-0.3, -0.25) is 4.79 Å². The lowest BCUT2D eigenvalue weighted by Crippen LogP contribution is -2.34. The highest BCUT2D eigenvalue weighted by Gasteiger charge is 2.20. The molecule has 1 N–H and O–H groups in total. The first-order chi connectivity index (χ1) is 14.2. The fourth-order valence-corrected chi connectivity index (χ4v) is 4.73. The van der Waals surface area contributed by atoms with Crippen LogP contribution in [-0.4, -0.2) is 48.7 Å². The molecule has 1 heterocycles. The van der Waals surface area contributed by atoms with Gasteiger partial charge in [-0.15, -0.1) is 11.8 Å². The zero-order valence-corrected chi connectivity index (χ0v) is 19.2. The van der Waals surface area contributed by atoms with Crippen molar-refractivity contribution >= 4 is 29.4 Å². The topological polar surface area (TPSA) is 32.3 Å². The number of nitrogens with one attached hydrogen (secondary N) is 1. The van der Waals surface area contributed by atoms with E-state index in [4.69, 9.17) is 0 Å². The first-order valence-electron chi connectivity index (χ1n) is 10.4. The minimum atomic E-state index is -0.0124. The number of amides is 1. The summed E-state index contributed by atoms with van der Waals surface area (Å²) in [7, 11) is 0. The van der Waals surface area contributed by atoms with E-state index >= 15 is 0 Å². The number of thioether (sulfide) groups is 2. The second kappa shape index (κ2) is 11.7. The summed E-state index contributed by atoms with van der Waals surface area (Å²) in [6, 6.07) is 16.6. The van der Waals surface area contributed by atoms with Crippen molar-refractivity contribution in [3.8, 4) is 0 Å². The van der Waals surface area contributed by atoms with E-state index in [1.165, 1.54) is 60.7 Å². The van der Waals surface area contributed by atoms with Crippen molar-refractivity contribution in [3.05, 3.63) is 65.2 Å². The van der Waals surface area contributed by atoms with E-state index in [2.05, 4.69) is 40.7 Å². The van der Waals surface area contributed by atoms with Crippen LogP contribution in [0, 0.1) is 0 Å². The SMILES string of the molecule is CSCCCN1CCC(c2cccc(CNC(=O)c3ccc(SC)cc3)c2)CC1. The third-order valence-corrected chi connectivity index (χ3v) is 7.08. The molecule has 1 fully saturated rings. The zero-order valence-electron chi connectivity index (χ0n) is 17.5. The average Bonchev–Trinajstić information content (AvgIpc) is 2.78.